The summed E-state index contributed by atoms with van der Waals surface area (Å²) >= 11 is 3.21. The molecule has 0 aromatic heterocycles. The van der Waals surface area contributed by atoms with Crippen molar-refractivity contribution < 1.29 is 28.2 Å². The van der Waals surface area contributed by atoms with E-state index in [-0.39, 0.29) is 10.7 Å². The number of nitrogens with zero attached hydrogens (tertiary/aromatic N) is 2. The number of aromatic hydroxyl groups is 1. The number of rotatable bonds is 2. The molecule has 0 saturated carbocycles. The molecule has 1 atom stereocenters. The first-order chi connectivity index (χ1) is 12.1. The minimum absolute atomic E-state index is 0.0156. The number of amides is 1. The molecule has 0 fully saturated rings. The molecular formula is C17H12BrF3N2O3. The Morgan fingerprint density at radius 3 is 2.50 bits per heavy atom. The van der Waals surface area contributed by atoms with Gasteiger partial charge in [0.25, 0.3) is 11.6 Å². The number of halogens is 4. The van der Waals surface area contributed by atoms with Gasteiger partial charge >= 0.3 is 6.18 Å². The molecule has 2 aromatic rings. The summed E-state index contributed by atoms with van der Waals surface area (Å²) in [4.78, 5) is 12.6. The van der Waals surface area contributed by atoms with Crippen LogP contribution in [0, 0.1) is 0 Å². The van der Waals surface area contributed by atoms with Gasteiger partial charge in [-0.1, -0.05) is 40.2 Å². The Bertz CT molecular complexity index is 901. The molecular weight excluding hydrogens is 417 g/mol. The molecule has 0 saturated heterocycles. The predicted molar refractivity (Wildman–Crippen MR) is 90.6 cm³/mol. The summed E-state index contributed by atoms with van der Waals surface area (Å²) < 4.78 is 41.3. The molecule has 26 heavy (non-hydrogen) atoms. The summed E-state index contributed by atoms with van der Waals surface area (Å²) in [5.74, 6) is -1.76. The largest absolute Gasteiger partial charge is 0.507 e. The monoisotopic (exact) mass is 428 g/mol. The number of para-hydroxylation sites is 1. The zero-order valence-corrected chi connectivity index (χ0v) is 14.6. The third kappa shape index (κ3) is 3.08. The number of phenols is 1. The first kappa shape index (κ1) is 18.4. The maximum absolute atomic E-state index is 13.6. The highest BCUT2D eigenvalue weighted by atomic mass is 79.9. The molecule has 2 N–H and O–H groups in total. The smallest absolute Gasteiger partial charge is 0.438 e. The number of hydrazone groups is 1. The van der Waals surface area contributed by atoms with E-state index in [2.05, 4.69) is 21.0 Å². The quantitative estimate of drug-likeness (QED) is 0.766. The zero-order chi connectivity index (χ0) is 19.1. The van der Waals surface area contributed by atoms with Crippen LogP contribution in [0.2, 0.25) is 0 Å². The Morgan fingerprint density at radius 2 is 1.88 bits per heavy atom. The molecule has 3 rings (SSSR count). The van der Waals surface area contributed by atoms with Crippen molar-refractivity contribution >= 4 is 27.5 Å². The lowest BCUT2D eigenvalue weighted by Gasteiger charge is -2.32. The Morgan fingerprint density at radius 1 is 1.19 bits per heavy atom. The number of benzene rings is 2. The van der Waals surface area contributed by atoms with Crippen LogP contribution in [0.25, 0.3) is 0 Å². The van der Waals surface area contributed by atoms with Crippen molar-refractivity contribution in [2.24, 2.45) is 5.10 Å². The number of carbonyl (C=O) groups excluding carboxylic acids is 1. The van der Waals surface area contributed by atoms with Crippen molar-refractivity contribution in [1.82, 2.24) is 5.01 Å². The summed E-state index contributed by atoms with van der Waals surface area (Å²) in [6.07, 6.45) is -6.07. The fourth-order valence-corrected chi connectivity index (χ4v) is 2.98. The first-order valence-corrected chi connectivity index (χ1v) is 8.18. The molecule has 0 spiro atoms. The van der Waals surface area contributed by atoms with Crippen molar-refractivity contribution in [1.29, 1.82) is 0 Å². The highest BCUT2D eigenvalue weighted by Crippen LogP contribution is 2.42. The van der Waals surface area contributed by atoms with Gasteiger partial charge in [0.2, 0.25) is 0 Å². The fraction of sp³-hybridized carbons (Fsp3) is 0.176. The second-order valence-electron chi connectivity index (χ2n) is 5.68. The topological polar surface area (TPSA) is 73.1 Å². The van der Waals surface area contributed by atoms with E-state index in [1.54, 1.807) is 12.1 Å². The van der Waals surface area contributed by atoms with Crippen LogP contribution in [-0.2, 0) is 0 Å². The average Bonchev–Trinajstić information content (AvgIpc) is 2.94. The molecule has 136 valence electrons. The standard InChI is InChI=1S/C17H12BrF3N2O3/c18-11-5-3-4-10(8-11)13-9-16(26,17(19,20)21)23(22-13)15(25)12-6-1-2-7-14(12)24/h1-8,24,26H,9H2/t16-/m1/s1. The van der Waals surface area contributed by atoms with Crippen molar-refractivity contribution in [3.05, 3.63) is 64.1 Å². The lowest BCUT2D eigenvalue weighted by molar-refractivity contribution is -0.297. The van der Waals surface area contributed by atoms with Gasteiger partial charge in [-0.05, 0) is 29.8 Å². The van der Waals surface area contributed by atoms with E-state index in [1.165, 1.54) is 24.3 Å². The number of carbonyl (C=O) groups is 1. The van der Waals surface area contributed by atoms with Gasteiger partial charge in [-0.25, -0.2) is 0 Å². The van der Waals surface area contributed by atoms with Crippen LogP contribution in [0.3, 0.4) is 0 Å². The third-order valence-electron chi connectivity index (χ3n) is 3.92. The summed E-state index contributed by atoms with van der Waals surface area (Å²) in [5.41, 5.74) is -3.68. The highest BCUT2D eigenvalue weighted by molar-refractivity contribution is 9.10. The number of alkyl halides is 3. The molecule has 1 amide bonds. The molecule has 9 heteroatoms. The van der Waals surface area contributed by atoms with Crippen molar-refractivity contribution in [3.63, 3.8) is 0 Å². The predicted octanol–water partition coefficient (Wildman–Crippen LogP) is 3.66. The molecule has 1 aliphatic rings. The van der Waals surface area contributed by atoms with E-state index in [4.69, 9.17) is 0 Å². The zero-order valence-electron chi connectivity index (χ0n) is 13.0. The van der Waals surface area contributed by atoms with E-state index in [9.17, 15) is 28.2 Å². The maximum Gasteiger partial charge on any atom is 0.438 e. The fourth-order valence-electron chi connectivity index (χ4n) is 2.58. The molecule has 2 aromatic carbocycles. The number of aliphatic hydroxyl groups is 1. The lowest BCUT2D eigenvalue weighted by atomic mass is 10.0. The van der Waals surface area contributed by atoms with Crippen molar-refractivity contribution in [2.75, 3.05) is 0 Å². The van der Waals surface area contributed by atoms with Crippen LogP contribution >= 0.6 is 15.9 Å². The molecule has 0 unspecified atom stereocenters. The van der Waals surface area contributed by atoms with E-state index in [0.717, 1.165) is 12.1 Å². The summed E-state index contributed by atoms with van der Waals surface area (Å²) in [6.45, 7) is 0. The SMILES string of the molecule is O=C(c1ccccc1O)N1N=C(c2cccc(Br)c2)C[C@@]1(O)C(F)(F)F. The van der Waals surface area contributed by atoms with Crippen LogP contribution in [-0.4, -0.2) is 38.7 Å². The first-order valence-electron chi connectivity index (χ1n) is 7.38. The van der Waals surface area contributed by atoms with E-state index < -0.39 is 35.5 Å². The number of hydrogen-bond acceptors (Lipinski definition) is 4. The van der Waals surface area contributed by atoms with Crippen LogP contribution in [0.15, 0.2) is 58.1 Å². The summed E-state index contributed by atoms with van der Waals surface area (Å²) in [6, 6.07) is 11.5. The minimum atomic E-state index is -5.15. The highest BCUT2D eigenvalue weighted by Gasteiger charge is 2.63. The van der Waals surface area contributed by atoms with E-state index >= 15 is 0 Å². The van der Waals surface area contributed by atoms with Gasteiger partial charge < -0.3 is 10.2 Å². The number of hydrogen-bond donors (Lipinski definition) is 2. The van der Waals surface area contributed by atoms with Crippen LogP contribution in [0.5, 0.6) is 5.75 Å². The van der Waals surface area contributed by atoms with Crippen molar-refractivity contribution in [3.8, 4) is 5.75 Å². The van der Waals surface area contributed by atoms with Gasteiger partial charge in [0.1, 0.15) is 5.75 Å². The average molecular weight is 429 g/mol. The lowest BCUT2D eigenvalue weighted by Crippen LogP contribution is -2.56. The Labute approximate surface area is 154 Å². The van der Waals surface area contributed by atoms with Gasteiger partial charge in [-0.2, -0.15) is 23.3 Å². The Hall–Kier alpha value is -2.39. The molecule has 0 radical (unpaired) electrons. The van der Waals surface area contributed by atoms with E-state index in [1.807, 2.05) is 0 Å². The van der Waals surface area contributed by atoms with Gasteiger partial charge in [0.15, 0.2) is 0 Å². The van der Waals surface area contributed by atoms with Gasteiger partial charge in [0.05, 0.1) is 17.7 Å². The van der Waals surface area contributed by atoms with Gasteiger partial charge in [0, 0.05) is 4.47 Å². The number of phenolic OH excluding ortho intramolecular Hbond substituents is 1. The van der Waals surface area contributed by atoms with Crippen LogP contribution in [0.1, 0.15) is 22.3 Å². The molecule has 1 heterocycles. The Balaban J connectivity index is 2.09. The third-order valence-corrected chi connectivity index (χ3v) is 4.42. The van der Waals surface area contributed by atoms with Crippen LogP contribution in [0.4, 0.5) is 13.2 Å². The normalized spacial score (nSPS) is 20.2. The van der Waals surface area contributed by atoms with Crippen LogP contribution < -0.4 is 0 Å². The summed E-state index contributed by atoms with van der Waals surface area (Å²) in [7, 11) is 0. The minimum Gasteiger partial charge on any atom is -0.507 e. The van der Waals surface area contributed by atoms with Crippen molar-refractivity contribution in [2.45, 2.75) is 18.3 Å². The maximum atomic E-state index is 13.6. The Kier molecular flexibility index (Phi) is 4.53. The van der Waals surface area contributed by atoms with E-state index in [0.29, 0.717) is 10.0 Å². The second kappa shape index (κ2) is 6.40. The molecule has 0 aliphatic carbocycles. The second-order valence-corrected chi connectivity index (χ2v) is 6.60. The molecule has 1 aliphatic heterocycles. The van der Waals surface area contributed by atoms with Gasteiger partial charge in [-0.15, -0.1) is 0 Å². The summed E-state index contributed by atoms with van der Waals surface area (Å²) in [5, 5.41) is 23.8. The molecule has 5 nitrogen and oxygen atoms in total. The van der Waals surface area contributed by atoms with Gasteiger partial charge in [-0.3, -0.25) is 4.79 Å². The molecule has 0 bridgehead atoms.